The number of rotatable bonds is 6. The molecule has 0 spiro atoms. The first-order valence-corrected chi connectivity index (χ1v) is 10.0. The summed E-state index contributed by atoms with van der Waals surface area (Å²) in [6, 6.07) is 16.0. The van der Waals surface area contributed by atoms with Gasteiger partial charge in [0, 0.05) is 17.1 Å². The highest BCUT2D eigenvalue weighted by atomic mass is 35.5. The van der Waals surface area contributed by atoms with Gasteiger partial charge in [-0.2, -0.15) is 0 Å². The van der Waals surface area contributed by atoms with Gasteiger partial charge < -0.3 is 10.4 Å². The van der Waals surface area contributed by atoms with Crippen LogP contribution in [0.3, 0.4) is 0 Å². The van der Waals surface area contributed by atoms with Crippen LogP contribution in [-0.2, 0) is 9.59 Å². The molecule has 28 heavy (non-hydrogen) atoms. The molecule has 2 atom stereocenters. The fourth-order valence-electron chi connectivity index (χ4n) is 2.68. The van der Waals surface area contributed by atoms with E-state index in [1.807, 2.05) is 30.3 Å². The van der Waals surface area contributed by atoms with E-state index in [-0.39, 0.29) is 24.8 Å². The Kier molecular flexibility index (Phi) is 6.72. The molecular weight excluding hydrogens is 398 g/mol. The van der Waals surface area contributed by atoms with Gasteiger partial charge in [0.2, 0.25) is 11.8 Å². The normalized spacial score (nSPS) is 19.1. The summed E-state index contributed by atoms with van der Waals surface area (Å²) in [5, 5.41) is 13.0. The van der Waals surface area contributed by atoms with E-state index in [0.29, 0.717) is 21.6 Å². The van der Waals surface area contributed by atoms with Gasteiger partial charge in [-0.3, -0.25) is 14.5 Å². The van der Waals surface area contributed by atoms with Crippen molar-refractivity contribution in [2.24, 2.45) is 4.99 Å². The van der Waals surface area contributed by atoms with Crippen molar-refractivity contribution in [3.63, 3.8) is 0 Å². The van der Waals surface area contributed by atoms with E-state index in [9.17, 15) is 14.7 Å². The minimum absolute atomic E-state index is 0.0102. The first kappa shape index (κ1) is 20.4. The van der Waals surface area contributed by atoms with Crippen LogP contribution in [0.15, 0.2) is 59.6 Å². The number of amides is 2. The fraction of sp³-hybridized carbons (Fsp3) is 0.250. The molecule has 0 unspecified atom stereocenters. The number of thioether (sulfide) groups is 1. The van der Waals surface area contributed by atoms with Crippen molar-refractivity contribution in [1.29, 1.82) is 0 Å². The summed E-state index contributed by atoms with van der Waals surface area (Å²) in [7, 11) is 0. The van der Waals surface area contributed by atoms with Crippen LogP contribution in [0.1, 0.15) is 13.3 Å². The quantitative estimate of drug-likeness (QED) is 0.751. The monoisotopic (exact) mass is 417 g/mol. The Hall–Kier alpha value is -2.35. The summed E-state index contributed by atoms with van der Waals surface area (Å²) in [6.45, 7) is 1.74. The number of para-hydroxylation sites is 1. The van der Waals surface area contributed by atoms with Crippen LogP contribution in [0.25, 0.3) is 0 Å². The fourth-order valence-corrected chi connectivity index (χ4v) is 3.98. The van der Waals surface area contributed by atoms with Gasteiger partial charge in [0.15, 0.2) is 5.17 Å². The summed E-state index contributed by atoms with van der Waals surface area (Å²) in [5.41, 5.74) is 1.32. The lowest BCUT2D eigenvalue weighted by Gasteiger charge is -2.18. The second-order valence-electron chi connectivity index (χ2n) is 6.39. The molecule has 8 heteroatoms. The van der Waals surface area contributed by atoms with Gasteiger partial charge in [-0.15, -0.1) is 0 Å². The number of aliphatic imine (C=N–C) groups is 1. The number of aliphatic hydroxyl groups excluding tert-OH is 1. The number of anilines is 1. The molecule has 2 aromatic carbocycles. The zero-order chi connectivity index (χ0) is 20.1. The van der Waals surface area contributed by atoms with E-state index in [1.165, 1.54) is 16.7 Å². The molecule has 0 bridgehead atoms. The minimum Gasteiger partial charge on any atom is -0.392 e. The maximum atomic E-state index is 12.8. The van der Waals surface area contributed by atoms with Gasteiger partial charge in [0.05, 0.1) is 18.3 Å². The van der Waals surface area contributed by atoms with Crippen LogP contribution >= 0.6 is 23.4 Å². The smallest absolute Gasteiger partial charge is 0.242 e. The van der Waals surface area contributed by atoms with E-state index in [4.69, 9.17) is 11.6 Å². The van der Waals surface area contributed by atoms with Gasteiger partial charge in [0.25, 0.3) is 0 Å². The average molecular weight is 418 g/mol. The maximum absolute atomic E-state index is 12.8. The van der Waals surface area contributed by atoms with Crippen molar-refractivity contribution < 1.29 is 14.7 Å². The summed E-state index contributed by atoms with van der Waals surface area (Å²) < 4.78 is 0. The molecule has 1 fully saturated rings. The highest BCUT2D eigenvalue weighted by Crippen LogP contribution is 2.32. The lowest BCUT2D eigenvalue weighted by molar-refractivity contribution is -0.128. The summed E-state index contributed by atoms with van der Waals surface area (Å²) in [6.07, 6.45) is -0.692. The molecule has 2 N–H and O–H groups in total. The number of hydrogen-bond acceptors (Lipinski definition) is 5. The zero-order valence-electron chi connectivity index (χ0n) is 15.2. The Bertz CT molecular complexity index is 872. The van der Waals surface area contributed by atoms with Crippen LogP contribution < -0.4 is 5.32 Å². The molecule has 1 aliphatic rings. The predicted octanol–water partition coefficient (Wildman–Crippen LogP) is 3.68. The van der Waals surface area contributed by atoms with Crippen LogP contribution in [0.2, 0.25) is 5.02 Å². The Morgan fingerprint density at radius 2 is 1.93 bits per heavy atom. The number of nitrogens with zero attached hydrogens (tertiary/aromatic N) is 2. The summed E-state index contributed by atoms with van der Waals surface area (Å²) >= 11 is 7.08. The van der Waals surface area contributed by atoms with Crippen molar-refractivity contribution in [2.75, 3.05) is 11.9 Å². The van der Waals surface area contributed by atoms with E-state index in [2.05, 4.69) is 10.3 Å². The molecular formula is C20H20ClN3O3S. The lowest BCUT2D eigenvalue weighted by Crippen LogP contribution is -2.38. The third kappa shape index (κ3) is 5.34. The number of carbonyl (C=O) groups is 2. The second-order valence-corrected chi connectivity index (χ2v) is 8.00. The number of nitrogens with one attached hydrogen (secondary N) is 1. The molecule has 6 nitrogen and oxygen atoms in total. The highest BCUT2D eigenvalue weighted by molar-refractivity contribution is 8.15. The summed E-state index contributed by atoms with van der Waals surface area (Å²) in [5.74, 6) is -0.502. The zero-order valence-corrected chi connectivity index (χ0v) is 16.8. The van der Waals surface area contributed by atoms with Gasteiger partial charge in [-0.1, -0.05) is 41.6 Å². The number of halogens is 1. The van der Waals surface area contributed by atoms with E-state index < -0.39 is 11.4 Å². The van der Waals surface area contributed by atoms with Gasteiger partial charge in [0.1, 0.15) is 5.25 Å². The Balaban J connectivity index is 1.72. The van der Waals surface area contributed by atoms with Gasteiger partial charge in [-0.05, 0) is 43.3 Å². The Morgan fingerprint density at radius 1 is 1.25 bits per heavy atom. The van der Waals surface area contributed by atoms with Crippen molar-refractivity contribution in [3.8, 4) is 0 Å². The number of hydrogen-bond donors (Lipinski definition) is 2. The lowest BCUT2D eigenvalue weighted by atomic mass is 10.2. The molecule has 0 aromatic heterocycles. The van der Waals surface area contributed by atoms with Crippen molar-refractivity contribution in [2.45, 2.75) is 24.7 Å². The van der Waals surface area contributed by atoms with Gasteiger partial charge >= 0.3 is 0 Å². The third-order valence-electron chi connectivity index (χ3n) is 3.95. The third-order valence-corrected chi connectivity index (χ3v) is 5.37. The standard InChI is InChI=1S/C20H20ClN3O3S/c1-13(25)12-24-19(27)17(28-20(24)23-15-5-3-2-4-6-15)11-18(26)22-16-9-7-14(21)8-10-16/h2-10,13,17,25H,11-12H2,1H3,(H,22,26)/t13-,17-/m1/s1. The predicted molar refractivity (Wildman–Crippen MR) is 113 cm³/mol. The SMILES string of the molecule is C[C@@H](O)CN1C(=O)[C@@H](CC(=O)Nc2ccc(Cl)cc2)SC1=Nc1ccccc1. The average Bonchev–Trinajstić information content (AvgIpc) is 2.93. The minimum atomic E-state index is -0.702. The van der Waals surface area contributed by atoms with E-state index in [1.54, 1.807) is 31.2 Å². The van der Waals surface area contributed by atoms with Crippen LogP contribution in [0.5, 0.6) is 0 Å². The molecule has 0 saturated carbocycles. The van der Waals surface area contributed by atoms with Crippen molar-refractivity contribution in [1.82, 2.24) is 4.90 Å². The highest BCUT2D eigenvalue weighted by Gasteiger charge is 2.39. The molecule has 0 aliphatic carbocycles. The van der Waals surface area contributed by atoms with E-state index in [0.717, 1.165) is 0 Å². The molecule has 1 heterocycles. The van der Waals surface area contributed by atoms with Crippen LogP contribution in [-0.4, -0.2) is 44.9 Å². The maximum Gasteiger partial charge on any atom is 0.242 e. The number of β-amino-alcohol motifs (C(OH)–C–C–N with tert-alkyl or cyclic N) is 1. The molecule has 146 valence electrons. The second kappa shape index (κ2) is 9.23. The molecule has 2 aromatic rings. The first-order valence-electron chi connectivity index (χ1n) is 8.77. The molecule has 1 aliphatic heterocycles. The summed E-state index contributed by atoms with van der Waals surface area (Å²) in [4.78, 5) is 31.1. The molecule has 0 radical (unpaired) electrons. The first-order chi connectivity index (χ1) is 13.4. The number of carbonyl (C=O) groups excluding carboxylic acids is 2. The molecule has 2 amide bonds. The van der Waals surface area contributed by atoms with Crippen molar-refractivity contribution >= 4 is 51.7 Å². The molecule has 1 saturated heterocycles. The Labute approximate surface area is 172 Å². The molecule has 3 rings (SSSR count). The number of benzene rings is 2. The Morgan fingerprint density at radius 3 is 2.57 bits per heavy atom. The van der Waals surface area contributed by atoms with Crippen LogP contribution in [0, 0.1) is 0 Å². The van der Waals surface area contributed by atoms with E-state index >= 15 is 0 Å². The van der Waals surface area contributed by atoms with Crippen LogP contribution in [0.4, 0.5) is 11.4 Å². The topological polar surface area (TPSA) is 82.0 Å². The number of aliphatic hydroxyl groups is 1. The number of amidine groups is 1. The van der Waals surface area contributed by atoms with Crippen molar-refractivity contribution in [3.05, 3.63) is 59.6 Å². The largest absolute Gasteiger partial charge is 0.392 e. The van der Waals surface area contributed by atoms with Gasteiger partial charge in [-0.25, -0.2) is 4.99 Å².